The first-order valence-electron chi connectivity index (χ1n) is 22.5. The van der Waals surface area contributed by atoms with Crippen molar-refractivity contribution in [2.24, 2.45) is 5.41 Å². The van der Waals surface area contributed by atoms with Crippen molar-refractivity contribution in [3.8, 4) is 11.1 Å². The van der Waals surface area contributed by atoms with Crippen molar-refractivity contribution in [2.45, 2.75) is 75.7 Å². The number of likely N-dealkylation sites (tertiary alicyclic amines) is 1. The molecule has 5 aromatic rings. The van der Waals surface area contributed by atoms with Gasteiger partial charge < -0.3 is 34.6 Å². The van der Waals surface area contributed by atoms with Crippen LogP contribution in [0.5, 0.6) is 0 Å². The average molecular weight is 932 g/mol. The Kier molecular flexibility index (Phi) is 10.6. The summed E-state index contributed by atoms with van der Waals surface area (Å²) in [4.78, 5) is 85.1. The van der Waals surface area contributed by atoms with Gasteiger partial charge in [0.25, 0.3) is 11.8 Å². The van der Waals surface area contributed by atoms with Crippen LogP contribution in [0.1, 0.15) is 71.9 Å². The molecule has 1 spiro atoms. The number of hydrogen-bond acceptors (Lipinski definition) is 13. The monoisotopic (exact) mass is 931 g/mol. The number of piperidine rings is 2. The number of anilines is 4. The molecule has 9 heterocycles. The van der Waals surface area contributed by atoms with Crippen molar-refractivity contribution in [3.63, 3.8) is 0 Å². The zero-order valence-corrected chi connectivity index (χ0v) is 37.2. The second-order valence-corrected chi connectivity index (χ2v) is 19.6. The zero-order chi connectivity index (χ0) is 46.2. The standard InChI is InChI=1S/C47H47F2N11O6S/c48-33-17-28(16-31-32(33)21-60(44(31)65)40(43(64)55-45-50-11-15-67-45)39-36-2-1-12-57(36)26-52-39)27-3-5-30(6-4-27)58-22-46(23-58)24-59(25-46)38(62)19-47(66)9-13-56(14-10-47)41-34(49)18-29(20-51-41)53-35-7-8-37(61)54-42(35)63/h3-6,11,15-18,20,26,35,40,53,66H,1-2,7-10,12-14,19,21-25H2,(H,50,55,64)(H,54,61,63). The summed E-state index contributed by atoms with van der Waals surface area (Å²) in [6, 6.07) is 10.4. The predicted molar refractivity (Wildman–Crippen MR) is 242 cm³/mol. The molecule has 6 aliphatic heterocycles. The molecule has 11 rings (SSSR count). The molecular weight excluding hydrogens is 885 g/mol. The molecule has 2 aromatic carbocycles. The van der Waals surface area contributed by atoms with E-state index in [9.17, 15) is 29.1 Å². The Hall–Kier alpha value is -6.80. The summed E-state index contributed by atoms with van der Waals surface area (Å²) in [5.74, 6) is -2.78. The Morgan fingerprint density at radius 1 is 0.925 bits per heavy atom. The molecular formula is C47H47F2N11O6S. The molecule has 2 unspecified atom stereocenters. The summed E-state index contributed by atoms with van der Waals surface area (Å²) in [6.45, 7) is 4.02. The maximum atomic E-state index is 15.9. The van der Waals surface area contributed by atoms with Crippen LogP contribution in [0.4, 0.5) is 31.1 Å². The number of thiazole rings is 1. The predicted octanol–water partition coefficient (Wildman–Crippen LogP) is 4.25. The molecule has 17 nitrogen and oxygen atoms in total. The van der Waals surface area contributed by atoms with E-state index in [2.05, 4.69) is 35.8 Å². The van der Waals surface area contributed by atoms with E-state index in [1.54, 1.807) is 33.8 Å². The third kappa shape index (κ3) is 7.94. The second kappa shape index (κ2) is 16.5. The maximum Gasteiger partial charge on any atom is 0.255 e. The fraction of sp³-hybridized carbons (Fsp3) is 0.404. The molecule has 4 N–H and O–H groups in total. The van der Waals surface area contributed by atoms with E-state index >= 15 is 8.78 Å². The van der Waals surface area contributed by atoms with Gasteiger partial charge in [0.1, 0.15) is 11.9 Å². The van der Waals surface area contributed by atoms with Gasteiger partial charge >= 0.3 is 0 Å². The Labute approximate surface area is 387 Å². The minimum atomic E-state index is -1.22. The SMILES string of the molecule is O=C1CCC(Nc2cnc(N3CCC(O)(CC(=O)N4CC5(C4)CN(c4ccc(-c6cc(F)c7c(c6)C(=O)N(C(C(=O)Nc6nccs6)c6ncn8c6CCC8)C7)cc4)C5)CC3)c(F)c2)C(=O)N1. The second-order valence-electron chi connectivity index (χ2n) is 18.7. The van der Waals surface area contributed by atoms with E-state index in [4.69, 9.17) is 0 Å². The number of fused-ring (bicyclic) bond motifs is 2. The Morgan fingerprint density at radius 3 is 2.45 bits per heavy atom. The van der Waals surface area contributed by atoms with Gasteiger partial charge in [-0.1, -0.05) is 12.1 Å². The number of aryl methyl sites for hydroxylation is 1. The number of pyridine rings is 1. The number of nitrogens with zero attached hydrogens (tertiary/aromatic N) is 8. The lowest BCUT2D eigenvalue weighted by molar-refractivity contribution is -0.151. The molecule has 2 atom stereocenters. The van der Waals surface area contributed by atoms with Crippen molar-refractivity contribution < 1.29 is 37.9 Å². The number of imide groups is 1. The van der Waals surface area contributed by atoms with Gasteiger partial charge in [-0.3, -0.25) is 34.6 Å². The number of carbonyl (C=O) groups is 5. The van der Waals surface area contributed by atoms with Gasteiger partial charge in [0, 0.05) is 97.8 Å². The van der Waals surface area contributed by atoms with Gasteiger partial charge in [0.05, 0.1) is 42.5 Å². The molecule has 0 bridgehead atoms. The third-order valence-corrected chi connectivity index (χ3v) is 14.9. The van der Waals surface area contributed by atoms with Crippen LogP contribution in [-0.4, -0.2) is 115 Å². The molecule has 6 aliphatic rings. The molecule has 5 amide bonds. The maximum absolute atomic E-state index is 15.9. The van der Waals surface area contributed by atoms with Gasteiger partial charge in [-0.2, -0.15) is 0 Å². The largest absolute Gasteiger partial charge is 0.389 e. The van der Waals surface area contributed by atoms with Crippen molar-refractivity contribution in [2.75, 3.05) is 59.7 Å². The first-order chi connectivity index (χ1) is 32.3. The summed E-state index contributed by atoms with van der Waals surface area (Å²) in [5, 5.41) is 21.6. The smallest absolute Gasteiger partial charge is 0.255 e. The molecule has 0 saturated carbocycles. The number of aromatic nitrogens is 4. The highest BCUT2D eigenvalue weighted by atomic mass is 32.1. The third-order valence-electron chi connectivity index (χ3n) is 14.2. The minimum absolute atomic E-state index is 0.0186. The Morgan fingerprint density at radius 2 is 1.72 bits per heavy atom. The number of hydrogen-bond donors (Lipinski definition) is 4. The Bertz CT molecular complexity index is 2820. The van der Waals surface area contributed by atoms with Crippen LogP contribution in [0, 0.1) is 17.0 Å². The number of aliphatic hydroxyl groups is 1. The van der Waals surface area contributed by atoms with Crippen molar-refractivity contribution in [1.29, 1.82) is 0 Å². The molecule has 4 fully saturated rings. The van der Waals surface area contributed by atoms with Crippen LogP contribution in [0.2, 0.25) is 0 Å². The van der Waals surface area contributed by atoms with Gasteiger partial charge in [0.2, 0.25) is 17.7 Å². The highest BCUT2D eigenvalue weighted by Crippen LogP contribution is 2.44. The van der Waals surface area contributed by atoms with E-state index in [-0.39, 0.29) is 66.4 Å². The van der Waals surface area contributed by atoms with E-state index in [1.165, 1.54) is 34.6 Å². The van der Waals surface area contributed by atoms with E-state index < -0.39 is 47.0 Å². The lowest BCUT2D eigenvalue weighted by Gasteiger charge is -2.61. The van der Waals surface area contributed by atoms with Crippen LogP contribution >= 0.6 is 11.3 Å². The van der Waals surface area contributed by atoms with E-state index in [0.29, 0.717) is 54.7 Å². The van der Waals surface area contributed by atoms with Crippen LogP contribution in [0.3, 0.4) is 0 Å². The van der Waals surface area contributed by atoms with Gasteiger partial charge in [-0.05, 0) is 67.5 Å². The molecule has 0 aliphatic carbocycles. The molecule has 20 heteroatoms. The lowest BCUT2D eigenvalue weighted by atomic mass is 9.72. The van der Waals surface area contributed by atoms with Crippen LogP contribution in [0.15, 0.2) is 66.6 Å². The van der Waals surface area contributed by atoms with Gasteiger partial charge in [-0.15, -0.1) is 11.3 Å². The molecule has 346 valence electrons. The number of halogens is 2. The first kappa shape index (κ1) is 42.8. The number of rotatable bonds is 11. The summed E-state index contributed by atoms with van der Waals surface area (Å²) in [6.07, 6.45) is 7.37. The number of benzene rings is 2. The van der Waals surface area contributed by atoms with E-state index in [0.717, 1.165) is 49.4 Å². The van der Waals surface area contributed by atoms with Crippen LogP contribution < -0.4 is 25.8 Å². The number of nitrogens with one attached hydrogen (secondary N) is 3. The molecule has 3 aromatic heterocycles. The quantitative estimate of drug-likeness (QED) is 0.138. The fourth-order valence-electron chi connectivity index (χ4n) is 10.6. The number of imidazole rings is 1. The molecule has 67 heavy (non-hydrogen) atoms. The van der Waals surface area contributed by atoms with Crippen molar-refractivity contribution >= 4 is 63.2 Å². The molecule has 4 saturated heterocycles. The van der Waals surface area contributed by atoms with Crippen LogP contribution in [0.25, 0.3) is 11.1 Å². The van der Waals surface area contributed by atoms with Gasteiger partial charge in [0.15, 0.2) is 22.8 Å². The highest BCUT2D eigenvalue weighted by Gasteiger charge is 2.54. The Balaban J connectivity index is 0.675. The van der Waals surface area contributed by atoms with E-state index in [1.807, 2.05) is 28.8 Å². The summed E-state index contributed by atoms with van der Waals surface area (Å²) in [7, 11) is 0. The number of carbonyl (C=O) groups excluding carboxylic acids is 5. The van der Waals surface area contributed by atoms with Gasteiger partial charge in [-0.25, -0.2) is 23.7 Å². The first-order valence-corrected chi connectivity index (χ1v) is 23.4. The minimum Gasteiger partial charge on any atom is -0.389 e. The lowest BCUT2D eigenvalue weighted by Crippen LogP contribution is -2.73. The fourth-order valence-corrected chi connectivity index (χ4v) is 11.1. The summed E-state index contributed by atoms with van der Waals surface area (Å²) in [5.41, 5.74) is 3.17. The average Bonchev–Trinajstić information content (AvgIpc) is 4.10. The normalized spacial score (nSPS) is 20.8. The molecule has 0 radical (unpaired) electrons. The number of amides is 5. The highest BCUT2D eigenvalue weighted by molar-refractivity contribution is 7.13. The zero-order valence-electron chi connectivity index (χ0n) is 36.3. The van der Waals surface area contributed by atoms with Crippen molar-refractivity contribution in [3.05, 3.63) is 101 Å². The summed E-state index contributed by atoms with van der Waals surface area (Å²) >= 11 is 1.27. The summed E-state index contributed by atoms with van der Waals surface area (Å²) < 4.78 is 33.1. The van der Waals surface area contributed by atoms with Crippen molar-refractivity contribution in [1.82, 2.24) is 34.6 Å². The topological polar surface area (TPSA) is 198 Å². The van der Waals surface area contributed by atoms with Crippen LogP contribution in [-0.2, 0) is 38.7 Å².